The van der Waals surface area contributed by atoms with Crippen LogP contribution in [0.15, 0.2) is 28.7 Å². The molecular weight excluding hydrogens is 320 g/mol. The lowest BCUT2D eigenvalue weighted by atomic mass is 9.91. The first-order chi connectivity index (χ1) is 9.20. The molecule has 0 bridgehead atoms. The third kappa shape index (κ3) is 2.77. The molecule has 1 aromatic carbocycles. The second-order valence-corrected chi connectivity index (χ2v) is 6.73. The summed E-state index contributed by atoms with van der Waals surface area (Å²) in [4.78, 5) is 11.2. The van der Waals surface area contributed by atoms with Crippen molar-refractivity contribution in [2.75, 3.05) is 0 Å². The van der Waals surface area contributed by atoms with E-state index in [-0.39, 0.29) is 11.1 Å². The molecule has 0 atom stereocenters. The second-order valence-electron chi connectivity index (χ2n) is 5.81. The Labute approximate surface area is 126 Å². The van der Waals surface area contributed by atoms with Crippen molar-refractivity contribution in [1.82, 2.24) is 9.78 Å². The highest BCUT2D eigenvalue weighted by atomic mass is 79.9. The lowest BCUT2D eigenvalue weighted by molar-refractivity contribution is 0.0690. The summed E-state index contributed by atoms with van der Waals surface area (Å²) in [6.07, 6.45) is 0. The fourth-order valence-electron chi connectivity index (χ4n) is 2.06. The smallest absolute Gasteiger partial charge is 0.356 e. The number of hydrogen-bond donors (Lipinski definition) is 1. The van der Waals surface area contributed by atoms with Crippen LogP contribution in [0.3, 0.4) is 0 Å². The summed E-state index contributed by atoms with van der Waals surface area (Å²) < 4.78 is 2.72. The van der Waals surface area contributed by atoms with Crippen LogP contribution in [0.1, 0.15) is 42.5 Å². The number of hydrogen-bond acceptors (Lipinski definition) is 2. The first kappa shape index (κ1) is 14.8. The van der Waals surface area contributed by atoms with Crippen LogP contribution in [0.5, 0.6) is 0 Å². The number of aromatic nitrogens is 2. The van der Waals surface area contributed by atoms with Gasteiger partial charge in [0.2, 0.25) is 0 Å². The van der Waals surface area contributed by atoms with E-state index < -0.39 is 5.97 Å². The molecule has 4 nitrogen and oxygen atoms in total. The molecule has 20 heavy (non-hydrogen) atoms. The normalized spacial score (nSPS) is 11.7. The number of aromatic carboxylic acids is 1. The monoisotopic (exact) mass is 336 g/mol. The zero-order valence-corrected chi connectivity index (χ0v) is 13.5. The molecule has 0 saturated carbocycles. The van der Waals surface area contributed by atoms with Crippen molar-refractivity contribution in [3.63, 3.8) is 0 Å². The van der Waals surface area contributed by atoms with Gasteiger partial charge < -0.3 is 5.11 Å². The molecule has 1 aromatic heterocycles. The minimum atomic E-state index is -1.01. The standard InChI is InChI=1S/C15H17BrN2O2/c1-9-7-10(16)5-6-12(9)18-13(15(2,3)4)8-11(17-18)14(19)20/h5-8H,1-4H3,(H,19,20). The van der Waals surface area contributed by atoms with Crippen LogP contribution in [-0.4, -0.2) is 20.9 Å². The van der Waals surface area contributed by atoms with Gasteiger partial charge in [-0.05, 0) is 36.8 Å². The largest absolute Gasteiger partial charge is 0.476 e. The van der Waals surface area contributed by atoms with Crippen molar-refractivity contribution >= 4 is 21.9 Å². The van der Waals surface area contributed by atoms with E-state index in [1.165, 1.54) is 0 Å². The summed E-state index contributed by atoms with van der Waals surface area (Å²) in [7, 11) is 0. The number of carbonyl (C=O) groups is 1. The van der Waals surface area contributed by atoms with E-state index in [9.17, 15) is 4.79 Å². The Morgan fingerprint density at radius 1 is 1.30 bits per heavy atom. The zero-order chi connectivity index (χ0) is 15.1. The molecule has 0 aliphatic carbocycles. The summed E-state index contributed by atoms with van der Waals surface area (Å²) in [6.45, 7) is 8.11. The number of rotatable bonds is 2. The van der Waals surface area contributed by atoms with Gasteiger partial charge in [0.25, 0.3) is 0 Å². The van der Waals surface area contributed by atoms with Crippen LogP contribution < -0.4 is 0 Å². The summed E-state index contributed by atoms with van der Waals surface area (Å²) >= 11 is 3.43. The van der Waals surface area contributed by atoms with Gasteiger partial charge in [-0.3, -0.25) is 0 Å². The van der Waals surface area contributed by atoms with Gasteiger partial charge in [-0.15, -0.1) is 0 Å². The van der Waals surface area contributed by atoms with Gasteiger partial charge in [0.1, 0.15) is 0 Å². The van der Waals surface area contributed by atoms with Crippen molar-refractivity contribution in [3.8, 4) is 5.69 Å². The third-order valence-electron chi connectivity index (χ3n) is 3.08. The molecule has 1 N–H and O–H groups in total. The van der Waals surface area contributed by atoms with Gasteiger partial charge in [0.15, 0.2) is 5.69 Å². The van der Waals surface area contributed by atoms with Gasteiger partial charge in [-0.2, -0.15) is 5.10 Å². The maximum atomic E-state index is 11.2. The lowest BCUT2D eigenvalue weighted by Gasteiger charge is -2.21. The average Bonchev–Trinajstić information content (AvgIpc) is 2.73. The molecule has 0 aliphatic rings. The quantitative estimate of drug-likeness (QED) is 0.903. The predicted octanol–water partition coefficient (Wildman–Crippen LogP) is 3.94. The fraction of sp³-hybridized carbons (Fsp3) is 0.333. The number of halogens is 1. The predicted molar refractivity (Wildman–Crippen MR) is 81.7 cm³/mol. The summed E-state index contributed by atoms with van der Waals surface area (Å²) in [5.74, 6) is -1.01. The maximum Gasteiger partial charge on any atom is 0.356 e. The Bertz CT molecular complexity index is 669. The molecule has 0 amide bonds. The van der Waals surface area contributed by atoms with Crippen LogP contribution >= 0.6 is 15.9 Å². The van der Waals surface area contributed by atoms with Crippen LogP contribution in [0.2, 0.25) is 0 Å². The number of carboxylic acid groups (broad SMARTS) is 1. The maximum absolute atomic E-state index is 11.2. The molecule has 2 rings (SSSR count). The minimum Gasteiger partial charge on any atom is -0.476 e. The Morgan fingerprint density at radius 2 is 1.95 bits per heavy atom. The Morgan fingerprint density at radius 3 is 2.45 bits per heavy atom. The van der Waals surface area contributed by atoms with E-state index >= 15 is 0 Å². The second kappa shape index (κ2) is 5.05. The first-order valence-corrected chi connectivity index (χ1v) is 7.10. The molecule has 5 heteroatoms. The summed E-state index contributed by atoms with van der Waals surface area (Å²) in [5, 5.41) is 13.4. The van der Waals surface area contributed by atoms with Crippen molar-refractivity contribution in [3.05, 3.63) is 45.7 Å². The third-order valence-corrected chi connectivity index (χ3v) is 3.58. The molecule has 1 heterocycles. The van der Waals surface area contributed by atoms with Gasteiger partial charge in [0.05, 0.1) is 11.4 Å². The van der Waals surface area contributed by atoms with Crippen molar-refractivity contribution < 1.29 is 9.90 Å². The van der Waals surface area contributed by atoms with Gasteiger partial charge >= 0.3 is 5.97 Å². The fourth-order valence-corrected chi connectivity index (χ4v) is 2.54. The molecule has 0 aliphatic heterocycles. The van der Waals surface area contributed by atoms with E-state index in [0.717, 1.165) is 21.4 Å². The van der Waals surface area contributed by atoms with E-state index in [4.69, 9.17) is 5.11 Å². The number of nitrogens with zero attached hydrogens (tertiary/aromatic N) is 2. The Hall–Kier alpha value is -1.62. The topological polar surface area (TPSA) is 55.1 Å². The lowest BCUT2D eigenvalue weighted by Crippen LogP contribution is -2.17. The molecule has 0 fully saturated rings. The summed E-state index contributed by atoms with van der Waals surface area (Å²) in [5.41, 5.74) is 2.67. The molecule has 0 unspecified atom stereocenters. The van der Waals surface area contributed by atoms with Crippen LogP contribution in [0.25, 0.3) is 5.69 Å². The number of benzene rings is 1. The highest BCUT2D eigenvalue weighted by Crippen LogP contribution is 2.28. The highest BCUT2D eigenvalue weighted by molar-refractivity contribution is 9.10. The van der Waals surface area contributed by atoms with Gasteiger partial charge in [-0.25, -0.2) is 9.48 Å². The van der Waals surface area contributed by atoms with Crippen LogP contribution in [0, 0.1) is 6.92 Å². The van der Waals surface area contributed by atoms with Crippen LogP contribution in [-0.2, 0) is 5.41 Å². The summed E-state index contributed by atoms with van der Waals surface area (Å²) in [6, 6.07) is 7.50. The average molecular weight is 337 g/mol. The zero-order valence-electron chi connectivity index (χ0n) is 11.9. The Kier molecular flexibility index (Phi) is 3.73. The van der Waals surface area contributed by atoms with E-state index in [0.29, 0.717) is 0 Å². The van der Waals surface area contributed by atoms with E-state index in [1.54, 1.807) is 10.7 Å². The molecule has 0 radical (unpaired) electrons. The van der Waals surface area contributed by atoms with Gasteiger partial charge in [0, 0.05) is 9.89 Å². The number of aryl methyl sites for hydroxylation is 1. The van der Waals surface area contributed by atoms with Gasteiger partial charge in [-0.1, -0.05) is 36.7 Å². The molecule has 0 saturated heterocycles. The van der Waals surface area contributed by atoms with Crippen molar-refractivity contribution in [2.45, 2.75) is 33.1 Å². The van der Waals surface area contributed by atoms with E-state index in [1.807, 2.05) is 45.9 Å². The molecule has 0 spiro atoms. The highest BCUT2D eigenvalue weighted by Gasteiger charge is 2.24. The molecular formula is C15H17BrN2O2. The first-order valence-electron chi connectivity index (χ1n) is 6.30. The molecule has 2 aromatic rings. The SMILES string of the molecule is Cc1cc(Br)ccc1-n1nc(C(=O)O)cc1C(C)(C)C. The van der Waals surface area contributed by atoms with Crippen molar-refractivity contribution in [2.24, 2.45) is 0 Å². The number of carboxylic acids is 1. The van der Waals surface area contributed by atoms with Crippen LogP contribution in [0.4, 0.5) is 0 Å². The molecule has 106 valence electrons. The van der Waals surface area contributed by atoms with Crippen molar-refractivity contribution in [1.29, 1.82) is 0 Å². The minimum absolute atomic E-state index is 0.0669. The Balaban J connectivity index is 2.69. The van der Waals surface area contributed by atoms with E-state index in [2.05, 4.69) is 21.0 Å².